The molecule has 7 heteroatoms. The molecule has 1 N–H and O–H groups in total. The van der Waals surface area contributed by atoms with Crippen LogP contribution >= 0.6 is 0 Å². The molecule has 6 nitrogen and oxygen atoms in total. The van der Waals surface area contributed by atoms with Gasteiger partial charge in [-0.25, -0.2) is 8.42 Å². The van der Waals surface area contributed by atoms with Gasteiger partial charge in [-0.2, -0.15) is 0 Å². The minimum atomic E-state index is -3.25. The van der Waals surface area contributed by atoms with Crippen LogP contribution in [0.4, 0.5) is 0 Å². The number of amides is 1. The van der Waals surface area contributed by atoms with Gasteiger partial charge in [-0.1, -0.05) is 19.1 Å². The molecule has 1 saturated heterocycles. The van der Waals surface area contributed by atoms with Gasteiger partial charge in [0.2, 0.25) is 5.91 Å². The zero-order valence-corrected chi connectivity index (χ0v) is 14.8. The van der Waals surface area contributed by atoms with E-state index in [0.717, 1.165) is 5.56 Å². The Bertz CT molecular complexity index is 711. The maximum absolute atomic E-state index is 12.5. The van der Waals surface area contributed by atoms with Crippen molar-refractivity contribution in [2.45, 2.75) is 44.0 Å². The van der Waals surface area contributed by atoms with Crippen LogP contribution in [0.15, 0.2) is 29.2 Å². The molecule has 0 bridgehead atoms. The Morgan fingerprint density at radius 2 is 1.83 bits per heavy atom. The van der Waals surface area contributed by atoms with Crippen molar-refractivity contribution in [2.75, 3.05) is 12.3 Å². The number of nitrogens with zero attached hydrogens (tertiary/aromatic N) is 1. The van der Waals surface area contributed by atoms with Crippen LogP contribution in [0.1, 0.15) is 32.3 Å². The van der Waals surface area contributed by atoms with E-state index in [9.17, 15) is 18.0 Å². The average Bonchev–Trinajstić information content (AvgIpc) is 2.55. The smallest absolute Gasteiger partial charge is 0.308 e. The summed E-state index contributed by atoms with van der Waals surface area (Å²) in [6.07, 6.45) is 1.41. The van der Waals surface area contributed by atoms with Crippen LogP contribution in [-0.2, 0) is 25.8 Å². The van der Waals surface area contributed by atoms with Crippen molar-refractivity contribution in [3.05, 3.63) is 29.8 Å². The summed E-state index contributed by atoms with van der Waals surface area (Å²) in [5, 5.41) is 9.15. The van der Waals surface area contributed by atoms with E-state index in [-0.39, 0.29) is 35.6 Å². The van der Waals surface area contributed by atoms with Crippen molar-refractivity contribution in [3.8, 4) is 0 Å². The number of carbonyl (C=O) groups excluding carboxylic acids is 1. The number of hydrogen-bond donors (Lipinski definition) is 1. The molecule has 0 saturated carbocycles. The lowest BCUT2D eigenvalue weighted by atomic mass is 9.93. The number of hydrogen-bond acceptors (Lipinski definition) is 4. The molecular formula is C17H23NO5S. The van der Waals surface area contributed by atoms with E-state index in [4.69, 9.17) is 5.11 Å². The number of rotatable bonds is 5. The first kappa shape index (κ1) is 18.4. The fourth-order valence-electron chi connectivity index (χ4n) is 2.91. The first-order valence-electron chi connectivity index (χ1n) is 8.08. The van der Waals surface area contributed by atoms with Crippen molar-refractivity contribution in [1.29, 1.82) is 0 Å². The van der Waals surface area contributed by atoms with Crippen molar-refractivity contribution in [1.82, 2.24) is 4.90 Å². The third kappa shape index (κ3) is 4.14. The van der Waals surface area contributed by atoms with E-state index in [0.29, 0.717) is 12.8 Å². The average molecular weight is 353 g/mol. The highest BCUT2D eigenvalue weighted by Crippen LogP contribution is 2.23. The molecule has 1 amide bonds. The second-order valence-electron chi connectivity index (χ2n) is 6.23. The Labute approximate surface area is 142 Å². The molecule has 0 aromatic heterocycles. The number of benzene rings is 1. The summed E-state index contributed by atoms with van der Waals surface area (Å²) < 4.78 is 23.6. The summed E-state index contributed by atoms with van der Waals surface area (Å²) in [5.41, 5.74) is 0.722. The van der Waals surface area contributed by atoms with Gasteiger partial charge in [-0.3, -0.25) is 9.59 Å². The first-order valence-corrected chi connectivity index (χ1v) is 9.73. The number of carbonyl (C=O) groups is 2. The van der Waals surface area contributed by atoms with Gasteiger partial charge >= 0.3 is 5.97 Å². The Kier molecular flexibility index (Phi) is 5.64. The summed E-state index contributed by atoms with van der Waals surface area (Å²) in [7, 11) is -3.25. The molecule has 1 heterocycles. The predicted molar refractivity (Wildman–Crippen MR) is 89.4 cm³/mol. The lowest BCUT2D eigenvalue weighted by Crippen LogP contribution is -2.47. The van der Waals surface area contributed by atoms with Crippen LogP contribution in [0.5, 0.6) is 0 Å². The van der Waals surface area contributed by atoms with Crippen LogP contribution in [0, 0.1) is 5.92 Å². The first-order chi connectivity index (χ1) is 11.2. The second kappa shape index (κ2) is 7.34. The number of piperidine rings is 1. The standard InChI is InChI=1S/C17H23NO5S/c1-3-24(22,23)15-8-5-13(6-9-15)10-16(19)18-11-14(17(20)21)7-4-12(18)2/h5-6,8-9,12,14H,3-4,7,10-11H2,1-2H3,(H,20,21). The molecule has 1 aliphatic heterocycles. The summed E-state index contributed by atoms with van der Waals surface area (Å²) >= 11 is 0. The molecule has 2 atom stereocenters. The molecular weight excluding hydrogens is 330 g/mol. The fourth-order valence-corrected chi connectivity index (χ4v) is 3.80. The van der Waals surface area contributed by atoms with Crippen LogP contribution in [0.2, 0.25) is 0 Å². The molecule has 2 unspecified atom stereocenters. The Morgan fingerprint density at radius 1 is 1.21 bits per heavy atom. The van der Waals surface area contributed by atoms with Gasteiger partial charge < -0.3 is 10.0 Å². The zero-order valence-electron chi connectivity index (χ0n) is 13.9. The molecule has 1 aromatic carbocycles. The van der Waals surface area contributed by atoms with E-state index in [1.807, 2.05) is 6.92 Å². The van der Waals surface area contributed by atoms with Crippen LogP contribution < -0.4 is 0 Å². The highest BCUT2D eigenvalue weighted by atomic mass is 32.2. The number of carboxylic acid groups (broad SMARTS) is 1. The Morgan fingerprint density at radius 3 is 2.38 bits per heavy atom. The van der Waals surface area contributed by atoms with E-state index < -0.39 is 21.7 Å². The van der Waals surface area contributed by atoms with Gasteiger partial charge in [0.05, 0.1) is 23.0 Å². The number of likely N-dealkylation sites (tertiary alicyclic amines) is 1. The Balaban J connectivity index is 2.07. The zero-order chi connectivity index (χ0) is 17.9. The molecule has 1 aliphatic rings. The SMILES string of the molecule is CCS(=O)(=O)c1ccc(CC(=O)N2CC(C(=O)O)CCC2C)cc1. The van der Waals surface area contributed by atoms with E-state index >= 15 is 0 Å². The number of carboxylic acids is 1. The second-order valence-corrected chi connectivity index (χ2v) is 8.51. The molecule has 1 aromatic rings. The van der Waals surface area contributed by atoms with Gasteiger partial charge in [0.25, 0.3) is 0 Å². The van der Waals surface area contributed by atoms with Crippen molar-refractivity contribution < 1.29 is 23.1 Å². The molecule has 0 radical (unpaired) electrons. The third-order valence-corrected chi connectivity index (χ3v) is 6.32. The topological polar surface area (TPSA) is 91.8 Å². The third-order valence-electron chi connectivity index (χ3n) is 4.57. The maximum atomic E-state index is 12.5. The van der Waals surface area contributed by atoms with Gasteiger partial charge in [-0.15, -0.1) is 0 Å². The number of aliphatic carboxylic acids is 1. The van der Waals surface area contributed by atoms with Crippen LogP contribution in [-0.4, -0.2) is 48.6 Å². The van der Waals surface area contributed by atoms with Crippen LogP contribution in [0.25, 0.3) is 0 Å². The predicted octanol–water partition coefficient (Wildman–Crippen LogP) is 1.73. The minimum Gasteiger partial charge on any atom is -0.481 e. The van der Waals surface area contributed by atoms with E-state index in [2.05, 4.69) is 0 Å². The highest BCUT2D eigenvalue weighted by molar-refractivity contribution is 7.91. The normalized spacial score (nSPS) is 21.5. The fraction of sp³-hybridized carbons (Fsp3) is 0.529. The quantitative estimate of drug-likeness (QED) is 0.870. The molecule has 2 rings (SSSR count). The summed E-state index contributed by atoms with van der Waals surface area (Å²) in [5.74, 6) is -1.47. The van der Waals surface area contributed by atoms with Crippen LogP contribution in [0.3, 0.4) is 0 Å². The van der Waals surface area contributed by atoms with Gasteiger partial charge in [0.15, 0.2) is 9.84 Å². The van der Waals surface area contributed by atoms with E-state index in [1.165, 1.54) is 12.1 Å². The van der Waals surface area contributed by atoms with Gasteiger partial charge in [0.1, 0.15) is 0 Å². The Hall–Kier alpha value is -1.89. The van der Waals surface area contributed by atoms with Crippen molar-refractivity contribution >= 4 is 21.7 Å². The highest BCUT2D eigenvalue weighted by Gasteiger charge is 2.32. The lowest BCUT2D eigenvalue weighted by molar-refractivity contribution is -0.147. The largest absolute Gasteiger partial charge is 0.481 e. The van der Waals surface area contributed by atoms with Crippen molar-refractivity contribution in [2.24, 2.45) is 5.92 Å². The monoisotopic (exact) mass is 353 g/mol. The molecule has 1 fully saturated rings. The summed E-state index contributed by atoms with van der Waals surface area (Å²) in [4.78, 5) is 25.5. The molecule has 0 spiro atoms. The van der Waals surface area contributed by atoms with Crippen molar-refractivity contribution in [3.63, 3.8) is 0 Å². The van der Waals surface area contributed by atoms with Gasteiger partial charge in [0, 0.05) is 12.6 Å². The lowest BCUT2D eigenvalue weighted by Gasteiger charge is -2.36. The minimum absolute atomic E-state index is 0.0212. The van der Waals surface area contributed by atoms with Gasteiger partial charge in [-0.05, 0) is 37.5 Å². The molecule has 132 valence electrons. The van der Waals surface area contributed by atoms with E-state index in [1.54, 1.807) is 24.0 Å². The molecule has 0 aliphatic carbocycles. The summed E-state index contributed by atoms with van der Waals surface area (Å²) in [6.45, 7) is 3.74. The summed E-state index contributed by atoms with van der Waals surface area (Å²) in [6, 6.07) is 6.34. The maximum Gasteiger partial charge on any atom is 0.308 e. The number of sulfone groups is 1. The molecule has 24 heavy (non-hydrogen) atoms.